The predicted molar refractivity (Wildman–Crippen MR) is 103 cm³/mol. The van der Waals surface area contributed by atoms with Gasteiger partial charge in [-0.2, -0.15) is 0 Å². The number of likely N-dealkylation sites (tertiary alicyclic amines) is 1. The third-order valence-electron chi connectivity index (χ3n) is 5.00. The minimum absolute atomic E-state index is 0.105. The van der Waals surface area contributed by atoms with Gasteiger partial charge in [0, 0.05) is 19.0 Å². The van der Waals surface area contributed by atoms with E-state index >= 15 is 0 Å². The van der Waals surface area contributed by atoms with Gasteiger partial charge in [0.2, 0.25) is 6.17 Å². The number of carbonyl (C=O) groups excluding carboxylic acids is 4. The summed E-state index contributed by atoms with van der Waals surface area (Å²) in [7, 11) is 0. The molecule has 1 aromatic carbocycles. The van der Waals surface area contributed by atoms with E-state index < -0.39 is 41.6 Å². The van der Waals surface area contributed by atoms with Crippen molar-refractivity contribution in [3.05, 3.63) is 35.4 Å². The van der Waals surface area contributed by atoms with Crippen molar-refractivity contribution in [2.45, 2.75) is 51.8 Å². The first-order chi connectivity index (χ1) is 14.1. The van der Waals surface area contributed by atoms with Crippen LogP contribution in [0.4, 0.5) is 9.18 Å². The Bertz CT molecular complexity index is 830. The van der Waals surface area contributed by atoms with Crippen molar-refractivity contribution in [3.8, 4) is 0 Å². The number of fused-ring (bicyclic) bond motifs is 1. The molecule has 3 amide bonds. The lowest BCUT2D eigenvalue weighted by Crippen LogP contribution is -2.39. The van der Waals surface area contributed by atoms with Gasteiger partial charge in [0.15, 0.2) is 0 Å². The molecule has 0 radical (unpaired) electrons. The Morgan fingerprint density at radius 1 is 1.07 bits per heavy atom. The molecule has 1 saturated heterocycles. The van der Waals surface area contributed by atoms with Crippen molar-refractivity contribution < 1.29 is 33.1 Å². The largest absolute Gasteiger partial charge is 0.444 e. The van der Waals surface area contributed by atoms with Crippen LogP contribution in [0.25, 0.3) is 0 Å². The van der Waals surface area contributed by atoms with Crippen LogP contribution >= 0.6 is 0 Å². The number of halogens is 1. The van der Waals surface area contributed by atoms with Crippen molar-refractivity contribution in [2.24, 2.45) is 5.92 Å². The lowest BCUT2D eigenvalue weighted by atomic mass is 9.95. The number of ether oxygens (including phenoxy) is 1. The first kappa shape index (κ1) is 21.7. The summed E-state index contributed by atoms with van der Waals surface area (Å²) in [5, 5.41) is 0.309. The second-order valence-corrected chi connectivity index (χ2v) is 8.42. The molecule has 162 valence electrons. The van der Waals surface area contributed by atoms with E-state index in [0.717, 1.165) is 0 Å². The maximum absolute atomic E-state index is 14.8. The number of hydrogen-bond donors (Lipinski definition) is 0. The summed E-state index contributed by atoms with van der Waals surface area (Å²) in [6.45, 7) is 5.92. The summed E-state index contributed by atoms with van der Waals surface area (Å²) in [5.74, 6) is -3.58. The van der Waals surface area contributed by atoms with E-state index in [2.05, 4.69) is 0 Å². The van der Waals surface area contributed by atoms with Crippen LogP contribution in [0.2, 0.25) is 0 Å². The number of carbonyl (C=O) groups is 4. The molecule has 1 fully saturated rings. The molecule has 2 unspecified atom stereocenters. The van der Waals surface area contributed by atoms with Crippen molar-refractivity contribution in [2.75, 3.05) is 13.1 Å². The van der Waals surface area contributed by atoms with Gasteiger partial charge in [-0.05, 0) is 52.2 Å². The van der Waals surface area contributed by atoms with E-state index in [-0.39, 0.29) is 24.1 Å². The average molecular weight is 420 g/mol. The van der Waals surface area contributed by atoms with Crippen molar-refractivity contribution in [1.82, 2.24) is 9.96 Å². The third-order valence-corrected chi connectivity index (χ3v) is 5.00. The van der Waals surface area contributed by atoms with Gasteiger partial charge >= 0.3 is 12.1 Å². The summed E-state index contributed by atoms with van der Waals surface area (Å²) in [6, 6.07) is 6.03. The van der Waals surface area contributed by atoms with Gasteiger partial charge in [0.1, 0.15) is 5.60 Å². The van der Waals surface area contributed by atoms with E-state index in [0.29, 0.717) is 24.4 Å². The topological polar surface area (TPSA) is 93.2 Å². The quantitative estimate of drug-likeness (QED) is 0.698. The highest BCUT2D eigenvalue weighted by atomic mass is 19.1. The second kappa shape index (κ2) is 8.41. The maximum atomic E-state index is 14.8. The Morgan fingerprint density at radius 3 is 2.23 bits per heavy atom. The highest BCUT2D eigenvalue weighted by Gasteiger charge is 2.41. The molecule has 2 aliphatic rings. The zero-order chi connectivity index (χ0) is 22.1. The number of hydrogen-bond acceptors (Lipinski definition) is 6. The highest BCUT2D eigenvalue weighted by molar-refractivity contribution is 6.20. The molecule has 1 aromatic rings. The Hall–Kier alpha value is -2.97. The summed E-state index contributed by atoms with van der Waals surface area (Å²) in [5.41, 5.74) is -0.428. The zero-order valence-corrected chi connectivity index (χ0v) is 17.2. The van der Waals surface area contributed by atoms with Gasteiger partial charge in [0.05, 0.1) is 11.1 Å². The summed E-state index contributed by atoms with van der Waals surface area (Å²) >= 11 is 0. The Morgan fingerprint density at radius 2 is 1.67 bits per heavy atom. The van der Waals surface area contributed by atoms with Crippen molar-refractivity contribution in [3.63, 3.8) is 0 Å². The van der Waals surface area contributed by atoms with Crippen LogP contribution < -0.4 is 0 Å². The molecule has 0 aromatic heterocycles. The highest BCUT2D eigenvalue weighted by Crippen LogP contribution is 2.27. The van der Waals surface area contributed by atoms with Gasteiger partial charge in [-0.25, -0.2) is 14.0 Å². The van der Waals surface area contributed by atoms with E-state index in [9.17, 15) is 23.6 Å². The molecule has 0 aliphatic carbocycles. The number of imide groups is 1. The molecular formula is C21H25FN2O6. The van der Waals surface area contributed by atoms with Gasteiger partial charge in [-0.3, -0.25) is 9.59 Å². The number of alkyl halides is 1. The normalized spacial score (nSPS) is 20.5. The average Bonchev–Trinajstić information content (AvgIpc) is 2.86. The van der Waals surface area contributed by atoms with Crippen molar-refractivity contribution >= 4 is 23.9 Å². The van der Waals surface area contributed by atoms with E-state index in [1.807, 2.05) is 0 Å². The fraction of sp³-hybridized carbons (Fsp3) is 0.524. The van der Waals surface area contributed by atoms with Gasteiger partial charge in [-0.1, -0.05) is 17.2 Å². The third kappa shape index (κ3) is 4.60. The number of hydroxylamine groups is 2. The molecule has 0 bridgehead atoms. The van der Waals surface area contributed by atoms with Crippen LogP contribution in [0.5, 0.6) is 0 Å². The number of nitrogens with zero attached hydrogens (tertiary/aromatic N) is 2. The number of rotatable bonds is 3. The van der Waals surface area contributed by atoms with E-state index in [1.165, 1.54) is 17.0 Å². The SMILES string of the molecule is CC(C)(C)OC(=O)N1CCCC(C(F)C(=O)ON2C(=O)c3ccccc3C2=O)CC1. The summed E-state index contributed by atoms with van der Waals surface area (Å²) < 4.78 is 20.2. The molecule has 8 nitrogen and oxygen atoms in total. The number of benzene rings is 1. The lowest BCUT2D eigenvalue weighted by Gasteiger charge is -2.26. The predicted octanol–water partition coefficient (Wildman–Crippen LogP) is 3.12. The molecule has 2 aliphatic heterocycles. The minimum atomic E-state index is -2.02. The first-order valence-corrected chi connectivity index (χ1v) is 9.90. The molecule has 0 saturated carbocycles. The fourth-order valence-electron chi connectivity index (χ4n) is 3.51. The molecule has 0 N–H and O–H groups in total. The zero-order valence-electron chi connectivity index (χ0n) is 17.2. The molecule has 0 spiro atoms. The van der Waals surface area contributed by atoms with E-state index in [1.54, 1.807) is 32.9 Å². The van der Waals surface area contributed by atoms with Crippen LogP contribution in [-0.2, 0) is 14.4 Å². The van der Waals surface area contributed by atoms with Gasteiger partial charge in [0.25, 0.3) is 11.8 Å². The Labute approximate surface area is 173 Å². The standard InChI is InChI=1S/C21H25FN2O6/c1-21(2,3)29-20(28)23-11-6-7-13(10-12-23)16(22)19(27)30-24-17(25)14-8-4-5-9-15(14)18(24)26/h4-5,8-9,13,16H,6-7,10-12H2,1-3H3. The second-order valence-electron chi connectivity index (χ2n) is 8.42. The summed E-state index contributed by atoms with van der Waals surface area (Å²) in [4.78, 5) is 55.4. The van der Waals surface area contributed by atoms with Crippen LogP contribution in [-0.4, -0.2) is 58.7 Å². The fourth-order valence-corrected chi connectivity index (χ4v) is 3.51. The molecule has 9 heteroatoms. The Kier molecular flexibility index (Phi) is 6.09. The van der Waals surface area contributed by atoms with Crippen LogP contribution in [0.15, 0.2) is 24.3 Å². The van der Waals surface area contributed by atoms with E-state index in [4.69, 9.17) is 9.57 Å². The first-order valence-electron chi connectivity index (χ1n) is 9.90. The Balaban J connectivity index is 1.59. The molecule has 30 heavy (non-hydrogen) atoms. The molecule has 3 rings (SSSR count). The lowest BCUT2D eigenvalue weighted by molar-refractivity contribution is -0.177. The smallest absolute Gasteiger partial charge is 0.410 e. The van der Waals surface area contributed by atoms with Crippen LogP contribution in [0, 0.1) is 5.92 Å². The monoisotopic (exact) mass is 420 g/mol. The van der Waals surface area contributed by atoms with Gasteiger partial charge in [-0.15, -0.1) is 0 Å². The van der Waals surface area contributed by atoms with Crippen LogP contribution in [0.1, 0.15) is 60.7 Å². The summed E-state index contributed by atoms with van der Waals surface area (Å²) in [6.07, 6.45) is -1.42. The molecule has 2 heterocycles. The minimum Gasteiger partial charge on any atom is -0.444 e. The van der Waals surface area contributed by atoms with Gasteiger partial charge < -0.3 is 14.5 Å². The molecule has 2 atom stereocenters. The maximum Gasteiger partial charge on any atom is 0.410 e. The van der Waals surface area contributed by atoms with Crippen LogP contribution in [0.3, 0.4) is 0 Å². The molecular weight excluding hydrogens is 395 g/mol. The number of amides is 3. The van der Waals surface area contributed by atoms with Crippen molar-refractivity contribution in [1.29, 1.82) is 0 Å².